The predicted octanol–water partition coefficient (Wildman–Crippen LogP) is 5.18. The summed E-state index contributed by atoms with van der Waals surface area (Å²) in [5.41, 5.74) is 0.293. The molecular formula is C17H22Br2N2O3. The van der Waals surface area contributed by atoms with Gasteiger partial charge in [0.1, 0.15) is 5.60 Å². The number of ether oxygens (including phenoxy) is 1. The van der Waals surface area contributed by atoms with Crippen molar-refractivity contribution in [1.29, 1.82) is 0 Å². The second kappa shape index (κ2) is 7.87. The highest BCUT2D eigenvalue weighted by atomic mass is 79.9. The first kappa shape index (κ1) is 19.2. The highest BCUT2D eigenvalue weighted by molar-refractivity contribution is 9.13. The number of hydrogen-bond donors (Lipinski definition) is 1. The average Bonchev–Trinajstić information content (AvgIpc) is 2.49. The minimum atomic E-state index is -0.603. The average molecular weight is 462 g/mol. The van der Waals surface area contributed by atoms with Crippen LogP contribution in [0.5, 0.6) is 0 Å². The maximum atomic E-state index is 12.8. The summed E-state index contributed by atoms with van der Waals surface area (Å²) in [7, 11) is 0. The van der Waals surface area contributed by atoms with Gasteiger partial charge in [-0.2, -0.15) is 0 Å². The molecule has 2 rings (SSSR count). The normalized spacial score (nSPS) is 15.1. The molecule has 0 aliphatic carbocycles. The van der Waals surface area contributed by atoms with Crippen LogP contribution in [0.2, 0.25) is 0 Å². The van der Waals surface area contributed by atoms with E-state index in [2.05, 4.69) is 37.2 Å². The van der Waals surface area contributed by atoms with Crippen LogP contribution in [0.25, 0.3) is 0 Å². The third-order valence-corrected chi connectivity index (χ3v) is 5.41. The number of nitrogens with one attached hydrogen (secondary N) is 1. The molecule has 1 aliphatic rings. The van der Waals surface area contributed by atoms with Crippen LogP contribution in [0.1, 0.15) is 50.4 Å². The Morgan fingerprint density at radius 1 is 1.08 bits per heavy atom. The van der Waals surface area contributed by atoms with Gasteiger partial charge in [0, 0.05) is 22.0 Å². The first-order chi connectivity index (χ1) is 11.2. The highest BCUT2D eigenvalue weighted by Gasteiger charge is 2.24. The Hall–Kier alpha value is -1.08. The van der Waals surface area contributed by atoms with E-state index >= 15 is 0 Å². The molecule has 0 bridgehead atoms. The molecule has 0 aromatic heterocycles. The molecule has 2 amide bonds. The van der Waals surface area contributed by atoms with E-state index in [0.717, 1.165) is 41.3 Å². The summed E-state index contributed by atoms with van der Waals surface area (Å²) in [5.74, 6) is -0.0750. The fraction of sp³-hybridized carbons (Fsp3) is 0.529. The van der Waals surface area contributed by atoms with Crippen molar-refractivity contribution in [2.75, 3.05) is 18.4 Å². The van der Waals surface area contributed by atoms with Crippen molar-refractivity contribution < 1.29 is 14.3 Å². The highest BCUT2D eigenvalue weighted by Crippen LogP contribution is 2.31. The maximum Gasteiger partial charge on any atom is 0.412 e. The zero-order chi connectivity index (χ0) is 17.9. The fourth-order valence-corrected chi connectivity index (χ4v) is 3.19. The van der Waals surface area contributed by atoms with Crippen molar-refractivity contribution in [3.63, 3.8) is 0 Å². The number of halogens is 2. The Balaban J connectivity index is 2.27. The fourth-order valence-electron chi connectivity index (χ4n) is 2.51. The van der Waals surface area contributed by atoms with E-state index in [1.807, 2.05) is 4.90 Å². The lowest BCUT2D eigenvalue weighted by molar-refractivity contribution is 0.0636. The molecule has 1 aromatic rings. The number of amides is 2. The van der Waals surface area contributed by atoms with Crippen molar-refractivity contribution >= 4 is 49.5 Å². The Labute approximate surface area is 159 Å². The molecule has 0 unspecified atom stereocenters. The van der Waals surface area contributed by atoms with Gasteiger partial charge in [-0.25, -0.2) is 4.79 Å². The number of rotatable bonds is 2. The molecule has 1 fully saturated rings. The monoisotopic (exact) mass is 460 g/mol. The SMILES string of the molecule is CC(C)(C)OC(=O)Nc1cc(Br)c(Br)cc1C(=O)N1CCCCC1. The molecule has 1 N–H and O–H groups in total. The molecule has 24 heavy (non-hydrogen) atoms. The summed E-state index contributed by atoms with van der Waals surface area (Å²) in [4.78, 5) is 26.8. The smallest absolute Gasteiger partial charge is 0.412 e. The number of piperidine rings is 1. The Morgan fingerprint density at radius 2 is 1.67 bits per heavy atom. The molecule has 7 heteroatoms. The molecule has 0 saturated carbocycles. The standard InChI is InChI=1S/C17H22Br2N2O3/c1-17(2,3)24-16(23)20-14-10-13(19)12(18)9-11(14)15(22)21-7-5-4-6-8-21/h9-10H,4-8H2,1-3H3,(H,20,23). The van der Waals surface area contributed by atoms with Crippen LogP contribution < -0.4 is 5.32 Å². The predicted molar refractivity (Wildman–Crippen MR) is 101 cm³/mol. The van der Waals surface area contributed by atoms with Crippen LogP contribution in [0.4, 0.5) is 10.5 Å². The van der Waals surface area contributed by atoms with Crippen molar-refractivity contribution in [3.8, 4) is 0 Å². The van der Waals surface area contributed by atoms with E-state index in [1.165, 1.54) is 0 Å². The maximum absolute atomic E-state index is 12.8. The van der Waals surface area contributed by atoms with Crippen LogP contribution in [0, 0.1) is 0 Å². The zero-order valence-electron chi connectivity index (χ0n) is 14.1. The van der Waals surface area contributed by atoms with Gasteiger partial charge in [0.15, 0.2) is 0 Å². The second-order valence-electron chi connectivity index (χ2n) is 6.79. The first-order valence-corrected chi connectivity index (χ1v) is 9.54. The van der Waals surface area contributed by atoms with E-state index in [9.17, 15) is 9.59 Å². The van der Waals surface area contributed by atoms with Gasteiger partial charge in [0.25, 0.3) is 5.91 Å². The van der Waals surface area contributed by atoms with Gasteiger partial charge >= 0.3 is 6.09 Å². The van der Waals surface area contributed by atoms with E-state index in [1.54, 1.807) is 32.9 Å². The lowest BCUT2D eigenvalue weighted by atomic mass is 10.1. The Morgan fingerprint density at radius 3 is 2.25 bits per heavy atom. The van der Waals surface area contributed by atoms with Gasteiger partial charge < -0.3 is 9.64 Å². The lowest BCUT2D eigenvalue weighted by Crippen LogP contribution is -2.36. The molecule has 132 valence electrons. The molecule has 1 saturated heterocycles. The first-order valence-electron chi connectivity index (χ1n) is 7.96. The third kappa shape index (κ3) is 5.21. The Kier molecular flexibility index (Phi) is 6.31. The lowest BCUT2D eigenvalue weighted by Gasteiger charge is -2.28. The molecule has 0 spiro atoms. The molecule has 0 atom stereocenters. The summed E-state index contributed by atoms with van der Waals surface area (Å²) in [6.45, 7) is 6.88. The number of likely N-dealkylation sites (tertiary alicyclic amines) is 1. The minimum Gasteiger partial charge on any atom is -0.444 e. The van der Waals surface area contributed by atoms with E-state index in [-0.39, 0.29) is 5.91 Å². The van der Waals surface area contributed by atoms with Crippen LogP contribution in [0.15, 0.2) is 21.1 Å². The number of nitrogens with zero attached hydrogens (tertiary/aromatic N) is 1. The zero-order valence-corrected chi connectivity index (χ0v) is 17.3. The van der Waals surface area contributed by atoms with Crippen LogP contribution >= 0.6 is 31.9 Å². The van der Waals surface area contributed by atoms with Gasteiger partial charge in [-0.05, 0) is 84.0 Å². The van der Waals surface area contributed by atoms with Crippen molar-refractivity contribution in [1.82, 2.24) is 4.90 Å². The van der Waals surface area contributed by atoms with E-state index < -0.39 is 11.7 Å². The minimum absolute atomic E-state index is 0.0750. The topological polar surface area (TPSA) is 58.6 Å². The largest absolute Gasteiger partial charge is 0.444 e. The number of benzene rings is 1. The summed E-state index contributed by atoms with van der Waals surface area (Å²) >= 11 is 6.84. The Bertz CT molecular complexity index is 635. The van der Waals surface area contributed by atoms with Crippen molar-refractivity contribution in [2.45, 2.75) is 45.6 Å². The van der Waals surface area contributed by atoms with Gasteiger partial charge in [0.05, 0.1) is 11.3 Å². The molecule has 1 heterocycles. The molecule has 5 nitrogen and oxygen atoms in total. The van der Waals surface area contributed by atoms with Gasteiger partial charge in [0.2, 0.25) is 0 Å². The number of anilines is 1. The summed E-state index contributed by atoms with van der Waals surface area (Å²) in [6, 6.07) is 3.44. The van der Waals surface area contributed by atoms with E-state index in [0.29, 0.717) is 11.3 Å². The van der Waals surface area contributed by atoms with Gasteiger partial charge in [-0.15, -0.1) is 0 Å². The third-order valence-electron chi connectivity index (χ3n) is 3.57. The van der Waals surface area contributed by atoms with Gasteiger partial charge in [-0.1, -0.05) is 0 Å². The molecule has 1 aliphatic heterocycles. The molecular weight excluding hydrogens is 440 g/mol. The number of carbonyl (C=O) groups is 2. The molecule has 1 aromatic carbocycles. The van der Waals surface area contributed by atoms with Crippen LogP contribution in [-0.2, 0) is 4.74 Å². The number of hydrogen-bond acceptors (Lipinski definition) is 3. The van der Waals surface area contributed by atoms with Crippen molar-refractivity contribution in [3.05, 3.63) is 26.6 Å². The second-order valence-corrected chi connectivity index (χ2v) is 8.50. The van der Waals surface area contributed by atoms with Crippen molar-refractivity contribution in [2.24, 2.45) is 0 Å². The number of carbonyl (C=O) groups excluding carboxylic acids is 2. The summed E-state index contributed by atoms with van der Waals surface area (Å²) < 4.78 is 6.81. The van der Waals surface area contributed by atoms with E-state index in [4.69, 9.17) is 4.74 Å². The van der Waals surface area contributed by atoms with Crippen LogP contribution in [0.3, 0.4) is 0 Å². The summed E-state index contributed by atoms with van der Waals surface area (Å²) in [5, 5.41) is 2.70. The van der Waals surface area contributed by atoms with Crippen LogP contribution in [-0.4, -0.2) is 35.6 Å². The quantitative estimate of drug-likeness (QED) is 0.659. The molecule has 0 radical (unpaired) electrons. The summed E-state index contributed by atoms with van der Waals surface area (Å²) in [6.07, 6.45) is 2.59. The van der Waals surface area contributed by atoms with Gasteiger partial charge in [-0.3, -0.25) is 10.1 Å².